The zero-order chi connectivity index (χ0) is 24.6. The average Bonchev–Trinajstić information content (AvgIpc) is 2.74. The Hall–Kier alpha value is -4.08. The van der Waals surface area contributed by atoms with Gasteiger partial charge in [0.25, 0.3) is 0 Å². The summed E-state index contributed by atoms with van der Waals surface area (Å²) in [5.74, 6) is -1.35. The molecule has 1 heterocycles. The molecule has 1 aromatic heterocycles. The van der Waals surface area contributed by atoms with Crippen molar-refractivity contribution in [2.45, 2.75) is 32.0 Å². The molecule has 176 valence electrons. The van der Waals surface area contributed by atoms with E-state index in [4.69, 9.17) is 10.5 Å². The molecule has 2 aromatic rings. The third-order valence-electron chi connectivity index (χ3n) is 4.33. The van der Waals surface area contributed by atoms with E-state index in [1.165, 1.54) is 26.2 Å². The molecule has 0 aliphatic carbocycles. The topological polar surface area (TPSA) is 155 Å². The summed E-state index contributed by atoms with van der Waals surface area (Å²) in [6.45, 7) is 1.59. The molecule has 0 saturated carbocycles. The molecular weight excluding hydrogens is 443 g/mol. The average molecular weight is 465 g/mol. The van der Waals surface area contributed by atoms with Crippen molar-refractivity contribution >= 4 is 29.3 Å². The number of hydrogen-bond donors (Lipinski definition) is 4. The minimum absolute atomic E-state index is 0.0659. The Labute approximate surface area is 187 Å². The molecule has 10 nitrogen and oxygen atoms in total. The predicted molar refractivity (Wildman–Crippen MR) is 113 cm³/mol. The van der Waals surface area contributed by atoms with Gasteiger partial charge in [-0.05, 0) is 31.0 Å². The van der Waals surface area contributed by atoms with Crippen LogP contribution in [0.5, 0.6) is 5.88 Å². The second kappa shape index (κ2) is 11.0. The number of methoxy groups -OCH3 is 1. The maximum Gasteiger partial charge on any atom is 0.416 e. The van der Waals surface area contributed by atoms with Crippen LogP contribution in [0.25, 0.3) is 0 Å². The number of nitrogens with two attached hydrogens (primary N) is 1. The molecule has 0 fully saturated rings. The Morgan fingerprint density at radius 3 is 2.64 bits per heavy atom. The summed E-state index contributed by atoms with van der Waals surface area (Å²) in [5.41, 5.74) is 4.55. The van der Waals surface area contributed by atoms with Crippen LogP contribution in [0, 0.1) is 11.3 Å². The molecule has 13 heteroatoms. The van der Waals surface area contributed by atoms with Crippen molar-refractivity contribution in [1.29, 1.82) is 5.26 Å². The van der Waals surface area contributed by atoms with Crippen molar-refractivity contribution in [1.82, 2.24) is 15.3 Å². The number of hydrogen-bond acceptors (Lipinski definition) is 8. The normalized spacial score (nSPS) is 11.8. The summed E-state index contributed by atoms with van der Waals surface area (Å²) in [4.78, 5) is 31.7. The zero-order valence-corrected chi connectivity index (χ0v) is 17.8. The number of nitrogen functional groups attached to an aromatic ring is 1. The van der Waals surface area contributed by atoms with Crippen LogP contribution in [0.4, 0.5) is 30.6 Å². The quantitative estimate of drug-likeness (QED) is 0.411. The number of ether oxygens (including phenoxy) is 1. The van der Waals surface area contributed by atoms with Crippen LogP contribution in [0.1, 0.15) is 30.9 Å². The molecule has 0 spiro atoms. The summed E-state index contributed by atoms with van der Waals surface area (Å²) >= 11 is 0. The van der Waals surface area contributed by atoms with Gasteiger partial charge < -0.3 is 26.4 Å². The van der Waals surface area contributed by atoms with Gasteiger partial charge in [0.15, 0.2) is 11.4 Å². The first-order chi connectivity index (χ1) is 15.5. The fraction of sp³-hybridized carbons (Fsp3) is 0.350. The maximum atomic E-state index is 13.0. The molecule has 33 heavy (non-hydrogen) atoms. The number of carbonyl (C=O) groups excluding carboxylic acids is 2. The molecule has 0 saturated heterocycles. The number of halogens is 3. The monoisotopic (exact) mass is 465 g/mol. The molecule has 1 aromatic carbocycles. The van der Waals surface area contributed by atoms with Gasteiger partial charge >= 0.3 is 6.18 Å². The zero-order valence-electron chi connectivity index (χ0n) is 17.8. The van der Waals surface area contributed by atoms with Crippen molar-refractivity contribution in [3.8, 4) is 11.9 Å². The molecule has 5 N–H and O–H groups in total. The summed E-state index contributed by atoms with van der Waals surface area (Å²) in [5, 5.41) is 17.2. The Kier molecular flexibility index (Phi) is 8.38. The van der Waals surface area contributed by atoms with E-state index in [1.54, 1.807) is 0 Å². The summed E-state index contributed by atoms with van der Waals surface area (Å²) < 4.78 is 44.0. The first-order valence-corrected chi connectivity index (χ1v) is 9.65. The molecule has 0 aliphatic heterocycles. The number of nitrogens with zero attached hydrogens (tertiary/aromatic N) is 3. The van der Waals surface area contributed by atoms with Crippen molar-refractivity contribution in [3.05, 3.63) is 35.4 Å². The van der Waals surface area contributed by atoms with E-state index >= 15 is 0 Å². The van der Waals surface area contributed by atoms with E-state index in [2.05, 4.69) is 25.9 Å². The second-order valence-electron chi connectivity index (χ2n) is 6.82. The van der Waals surface area contributed by atoms with Crippen molar-refractivity contribution < 1.29 is 27.5 Å². The summed E-state index contributed by atoms with van der Waals surface area (Å²) in [6, 6.07) is 4.99. The van der Waals surface area contributed by atoms with Gasteiger partial charge in [-0.3, -0.25) is 9.59 Å². The number of alkyl halides is 3. The third-order valence-corrected chi connectivity index (χ3v) is 4.33. The Morgan fingerprint density at radius 2 is 2.03 bits per heavy atom. The lowest BCUT2D eigenvalue weighted by Gasteiger charge is -2.20. The summed E-state index contributed by atoms with van der Waals surface area (Å²) in [6.07, 6.45) is -4.09. The lowest BCUT2D eigenvalue weighted by atomic mass is 10.1. The van der Waals surface area contributed by atoms with Gasteiger partial charge in [-0.2, -0.15) is 28.4 Å². The lowest BCUT2D eigenvalue weighted by molar-refractivity contribution is -0.137. The Bertz CT molecular complexity index is 1050. The van der Waals surface area contributed by atoms with E-state index in [-0.39, 0.29) is 47.8 Å². The molecule has 1 atom stereocenters. The second-order valence-corrected chi connectivity index (χ2v) is 6.82. The van der Waals surface area contributed by atoms with Gasteiger partial charge in [0, 0.05) is 19.2 Å². The highest BCUT2D eigenvalue weighted by atomic mass is 19.4. The van der Waals surface area contributed by atoms with Gasteiger partial charge in [0.1, 0.15) is 12.1 Å². The minimum Gasteiger partial charge on any atom is -0.480 e. The van der Waals surface area contributed by atoms with Crippen molar-refractivity contribution in [2.75, 3.05) is 30.0 Å². The highest BCUT2D eigenvalue weighted by molar-refractivity contribution is 5.96. The predicted octanol–water partition coefficient (Wildman–Crippen LogP) is 2.29. The molecule has 0 unspecified atom stereocenters. The smallest absolute Gasteiger partial charge is 0.416 e. The van der Waals surface area contributed by atoms with Crippen LogP contribution in [0.3, 0.4) is 0 Å². The van der Waals surface area contributed by atoms with Crippen molar-refractivity contribution in [2.24, 2.45) is 0 Å². The number of aromatic nitrogens is 2. The van der Waals surface area contributed by atoms with E-state index in [0.29, 0.717) is 6.42 Å². The number of nitriles is 1. The number of amides is 2. The van der Waals surface area contributed by atoms with Gasteiger partial charge in [0.2, 0.25) is 23.6 Å². The highest BCUT2D eigenvalue weighted by Crippen LogP contribution is 2.31. The standard InChI is InChI=1S/C20H22F3N7O3/c1-11(31)26-8-4-7-15(28-16-14(10-24)18(33-2)30-19(25)29-16)17(32)27-13-6-3-5-12(9-13)20(21,22)23/h3,5-6,9,15H,4,7-8H2,1-2H3,(H,26,31)(H,27,32)(H3,25,28,29,30)/t15-/m0/s1. The van der Waals surface area contributed by atoms with E-state index in [9.17, 15) is 28.0 Å². The molecule has 2 amide bonds. The highest BCUT2D eigenvalue weighted by Gasteiger charge is 2.31. The molecule has 2 rings (SSSR count). The van der Waals surface area contributed by atoms with Crippen LogP contribution in [-0.2, 0) is 15.8 Å². The van der Waals surface area contributed by atoms with Crippen LogP contribution in [0.15, 0.2) is 24.3 Å². The first kappa shape index (κ1) is 25.2. The van der Waals surface area contributed by atoms with Gasteiger partial charge in [-0.25, -0.2) is 0 Å². The number of nitrogens with one attached hydrogen (secondary N) is 3. The molecule has 0 radical (unpaired) electrons. The molecular formula is C20H22F3N7O3. The fourth-order valence-electron chi connectivity index (χ4n) is 2.82. The number of anilines is 3. The largest absolute Gasteiger partial charge is 0.480 e. The number of rotatable bonds is 9. The third kappa shape index (κ3) is 7.23. The number of benzene rings is 1. The van der Waals surface area contributed by atoms with Crippen LogP contribution in [0.2, 0.25) is 0 Å². The Balaban J connectivity index is 2.29. The lowest BCUT2D eigenvalue weighted by Crippen LogP contribution is -2.36. The van der Waals surface area contributed by atoms with E-state index < -0.39 is 23.7 Å². The minimum atomic E-state index is -4.58. The number of carbonyl (C=O) groups is 2. The molecule has 0 aliphatic rings. The maximum absolute atomic E-state index is 13.0. The Morgan fingerprint density at radius 1 is 1.30 bits per heavy atom. The van der Waals surface area contributed by atoms with Crippen LogP contribution >= 0.6 is 0 Å². The molecule has 0 bridgehead atoms. The van der Waals surface area contributed by atoms with E-state index in [0.717, 1.165) is 12.1 Å². The fourth-order valence-corrected chi connectivity index (χ4v) is 2.82. The van der Waals surface area contributed by atoms with Gasteiger partial charge in [-0.15, -0.1) is 0 Å². The SMILES string of the molecule is COc1nc(N)nc(N[C@@H](CCCNC(C)=O)C(=O)Nc2cccc(C(F)(F)F)c2)c1C#N. The van der Waals surface area contributed by atoms with Crippen LogP contribution in [-0.4, -0.2) is 41.5 Å². The van der Waals surface area contributed by atoms with Gasteiger partial charge in [-0.1, -0.05) is 6.07 Å². The van der Waals surface area contributed by atoms with Crippen molar-refractivity contribution in [3.63, 3.8) is 0 Å². The van der Waals surface area contributed by atoms with E-state index in [1.807, 2.05) is 6.07 Å². The van der Waals surface area contributed by atoms with Crippen LogP contribution < -0.4 is 26.4 Å². The van der Waals surface area contributed by atoms with Gasteiger partial charge in [0.05, 0.1) is 12.7 Å². The first-order valence-electron chi connectivity index (χ1n) is 9.65. The summed E-state index contributed by atoms with van der Waals surface area (Å²) in [7, 11) is 1.28.